The van der Waals surface area contributed by atoms with Gasteiger partial charge in [-0.3, -0.25) is 9.59 Å². The number of carboxylic acid groups (broad SMARTS) is 1. The molecule has 3 N–H and O–H groups in total. The van der Waals surface area contributed by atoms with Crippen LogP contribution in [0.25, 0.3) is 0 Å². The maximum absolute atomic E-state index is 11.5. The van der Waals surface area contributed by atoms with Gasteiger partial charge in [0.05, 0.1) is 0 Å². The first kappa shape index (κ1) is 16.8. The molecule has 0 rings (SSSR count). The number of ketones is 1. The van der Waals surface area contributed by atoms with Gasteiger partial charge in [-0.2, -0.15) is 0 Å². The summed E-state index contributed by atoms with van der Waals surface area (Å²) in [5, 5.41) is 8.97. The van der Waals surface area contributed by atoms with E-state index in [0.29, 0.717) is 6.42 Å². The van der Waals surface area contributed by atoms with Crippen molar-refractivity contribution in [3.8, 4) is 0 Å². The summed E-state index contributed by atoms with van der Waals surface area (Å²) in [5.41, 5.74) is 5.40. The molecule has 0 aliphatic carbocycles. The van der Waals surface area contributed by atoms with Crippen LogP contribution in [0, 0.1) is 5.92 Å². The molecule has 104 valence electrons. The molecule has 0 heterocycles. The van der Waals surface area contributed by atoms with Gasteiger partial charge in [-0.15, -0.1) is 0 Å². The van der Waals surface area contributed by atoms with Crippen molar-refractivity contribution in [3.05, 3.63) is 12.2 Å². The maximum atomic E-state index is 11.5. The molecule has 0 saturated carbocycles. The summed E-state index contributed by atoms with van der Waals surface area (Å²) in [5.74, 6) is -2.18. The van der Waals surface area contributed by atoms with Gasteiger partial charge in [0.15, 0.2) is 5.78 Å². The smallest absolute Gasteiger partial charge is 0.314 e. The first-order chi connectivity index (χ1) is 8.63. The van der Waals surface area contributed by atoms with E-state index in [-0.39, 0.29) is 5.78 Å². The molecule has 0 spiro atoms. The van der Waals surface area contributed by atoms with Crippen molar-refractivity contribution in [3.63, 3.8) is 0 Å². The van der Waals surface area contributed by atoms with Crippen LogP contribution in [0.3, 0.4) is 0 Å². The van der Waals surface area contributed by atoms with Crippen LogP contribution in [0.4, 0.5) is 0 Å². The average Bonchev–Trinajstić information content (AvgIpc) is 2.32. The summed E-state index contributed by atoms with van der Waals surface area (Å²) in [6, 6.07) is 0. The molecule has 0 bridgehead atoms. The van der Waals surface area contributed by atoms with Gasteiger partial charge in [0.2, 0.25) is 0 Å². The molecular weight excluding hydrogens is 230 g/mol. The van der Waals surface area contributed by atoms with Crippen LogP contribution in [0.1, 0.15) is 51.9 Å². The Hall–Kier alpha value is -1.16. The predicted molar refractivity (Wildman–Crippen MR) is 72.3 cm³/mol. The van der Waals surface area contributed by atoms with Gasteiger partial charge in [-0.05, 0) is 32.4 Å². The number of hydrogen-bond donors (Lipinski definition) is 2. The fraction of sp³-hybridized carbons (Fsp3) is 0.714. The fourth-order valence-corrected chi connectivity index (χ4v) is 1.87. The quantitative estimate of drug-likeness (QED) is 0.338. The number of carbonyl (C=O) groups excluding carboxylic acids is 1. The lowest BCUT2D eigenvalue weighted by atomic mass is 9.96. The molecule has 0 aliphatic rings. The highest BCUT2D eigenvalue weighted by Gasteiger charge is 2.22. The second-order valence-electron chi connectivity index (χ2n) is 4.49. The van der Waals surface area contributed by atoms with Gasteiger partial charge in [0.1, 0.15) is 5.92 Å². The number of carbonyl (C=O) groups is 2. The van der Waals surface area contributed by atoms with Crippen molar-refractivity contribution in [2.75, 3.05) is 6.54 Å². The van der Waals surface area contributed by atoms with E-state index in [4.69, 9.17) is 10.8 Å². The normalized spacial score (nSPS) is 12.8. The van der Waals surface area contributed by atoms with Crippen LogP contribution in [-0.2, 0) is 9.59 Å². The van der Waals surface area contributed by atoms with Crippen LogP contribution in [-0.4, -0.2) is 23.4 Å². The summed E-state index contributed by atoms with van der Waals surface area (Å²) >= 11 is 0. The molecule has 4 nitrogen and oxygen atoms in total. The topological polar surface area (TPSA) is 80.4 Å². The highest BCUT2D eigenvalue weighted by atomic mass is 16.4. The number of unbranched alkanes of at least 4 members (excludes halogenated alkanes) is 5. The summed E-state index contributed by atoms with van der Waals surface area (Å²) < 4.78 is 0. The number of aliphatic carboxylic acids is 1. The second kappa shape index (κ2) is 11.0. The van der Waals surface area contributed by atoms with Crippen molar-refractivity contribution in [2.24, 2.45) is 11.7 Å². The molecule has 0 fully saturated rings. The van der Waals surface area contributed by atoms with E-state index in [9.17, 15) is 9.59 Å². The molecule has 0 saturated heterocycles. The lowest BCUT2D eigenvalue weighted by Crippen LogP contribution is -2.22. The molecule has 1 atom stereocenters. The van der Waals surface area contributed by atoms with Gasteiger partial charge in [-0.1, -0.05) is 38.2 Å². The minimum Gasteiger partial charge on any atom is -0.481 e. The van der Waals surface area contributed by atoms with Crippen LogP contribution in [0.2, 0.25) is 0 Å². The Labute approximate surface area is 109 Å². The molecular formula is C14H25NO3. The third kappa shape index (κ3) is 8.01. The van der Waals surface area contributed by atoms with Gasteiger partial charge in [0, 0.05) is 0 Å². The van der Waals surface area contributed by atoms with Crippen LogP contribution >= 0.6 is 0 Å². The zero-order valence-corrected chi connectivity index (χ0v) is 11.2. The van der Waals surface area contributed by atoms with E-state index >= 15 is 0 Å². The Morgan fingerprint density at radius 2 is 1.67 bits per heavy atom. The zero-order valence-electron chi connectivity index (χ0n) is 11.2. The van der Waals surface area contributed by atoms with E-state index in [0.717, 1.165) is 45.1 Å². The van der Waals surface area contributed by atoms with E-state index in [1.54, 1.807) is 13.0 Å². The van der Waals surface area contributed by atoms with E-state index in [2.05, 4.69) is 0 Å². The molecule has 4 heteroatoms. The molecule has 0 aromatic carbocycles. The van der Waals surface area contributed by atoms with Gasteiger partial charge < -0.3 is 10.8 Å². The average molecular weight is 255 g/mol. The van der Waals surface area contributed by atoms with Crippen molar-refractivity contribution >= 4 is 11.8 Å². The zero-order chi connectivity index (χ0) is 13.8. The van der Waals surface area contributed by atoms with Gasteiger partial charge in [-0.25, -0.2) is 0 Å². The van der Waals surface area contributed by atoms with Crippen LogP contribution in [0.5, 0.6) is 0 Å². The number of hydrogen-bond acceptors (Lipinski definition) is 3. The summed E-state index contributed by atoms with van der Waals surface area (Å²) in [7, 11) is 0. The summed E-state index contributed by atoms with van der Waals surface area (Å²) in [4.78, 5) is 22.5. The molecule has 18 heavy (non-hydrogen) atoms. The predicted octanol–water partition coefficient (Wildman–Crippen LogP) is 2.52. The van der Waals surface area contributed by atoms with Crippen LogP contribution < -0.4 is 5.73 Å². The van der Waals surface area contributed by atoms with Gasteiger partial charge >= 0.3 is 5.97 Å². The summed E-state index contributed by atoms with van der Waals surface area (Å²) in [6.45, 7) is 2.45. The number of nitrogens with two attached hydrogens (primary N) is 1. The van der Waals surface area contributed by atoms with E-state index in [1.165, 1.54) is 6.08 Å². The molecule has 0 aromatic heterocycles. The Balaban J connectivity index is 3.78. The van der Waals surface area contributed by atoms with E-state index < -0.39 is 11.9 Å². The molecule has 0 amide bonds. The molecule has 0 radical (unpaired) electrons. The third-order valence-corrected chi connectivity index (χ3v) is 2.92. The fourth-order valence-electron chi connectivity index (χ4n) is 1.87. The van der Waals surface area contributed by atoms with E-state index in [1.807, 2.05) is 0 Å². The standard InChI is InChI=1S/C14H25NO3/c1-2-9-13(16)12(14(17)18)10-7-5-3-4-6-8-11-15/h2,9,12H,3-8,10-11,15H2,1H3,(H,17,18). The van der Waals surface area contributed by atoms with Crippen LogP contribution in [0.15, 0.2) is 12.2 Å². The lowest BCUT2D eigenvalue weighted by molar-refractivity contribution is -0.145. The third-order valence-electron chi connectivity index (χ3n) is 2.92. The highest BCUT2D eigenvalue weighted by Crippen LogP contribution is 2.14. The van der Waals surface area contributed by atoms with Gasteiger partial charge in [0.25, 0.3) is 0 Å². The molecule has 1 unspecified atom stereocenters. The van der Waals surface area contributed by atoms with Crippen molar-refractivity contribution in [2.45, 2.75) is 51.9 Å². The number of carboxylic acids is 1. The minimum atomic E-state index is -1.01. The Bertz CT molecular complexity index is 274. The SMILES string of the molecule is CC=CC(=O)C(CCCCCCCCN)C(=O)O. The second-order valence-corrected chi connectivity index (χ2v) is 4.49. The largest absolute Gasteiger partial charge is 0.481 e. The Morgan fingerprint density at radius 1 is 1.11 bits per heavy atom. The first-order valence-corrected chi connectivity index (χ1v) is 6.73. The van der Waals surface area contributed by atoms with Crippen molar-refractivity contribution < 1.29 is 14.7 Å². The summed E-state index contributed by atoms with van der Waals surface area (Å²) in [6.07, 6.45) is 9.57. The number of rotatable bonds is 11. The first-order valence-electron chi connectivity index (χ1n) is 6.73. The molecule has 0 aromatic rings. The Morgan fingerprint density at radius 3 is 2.17 bits per heavy atom. The molecule has 0 aliphatic heterocycles. The minimum absolute atomic E-state index is 0.298. The lowest BCUT2D eigenvalue weighted by Gasteiger charge is -2.08. The van der Waals surface area contributed by atoms with Crippen molar-refractivity contribution in [1.29, 1.82) is 0 Å². The maximum Gasteiger partial charge on any atom is 0.314 e. The number of allylic oxidation sites excluding steroid dienone is 2. The Kier molecular flexibility index (Phi) is 10.3. The highest BCUT2D eigenvalue weighted by molar-refractivity contribution is 6.04. The van der Waals surface area contributed by atoms with Crippen molar-refractivity contribution in [1.82, 2.24) is 0 Å². The monoisotopic (exact) mass is 255 g/mol.